The molecule has 56 valence electrons. The molecule has 2 N–H and O–H groups in total. The fourth-order valence-corrected chi connectivity index (χ4v) is 0. The van der Waals surface area contributed by atoms with Gasteiger partial charge in [-0.25, -0.2) is 0 Å². The van der Waals surface area contributed by atoms with E-state index in [1.165, 1.54) is 0 Å². The molecule has 2 radical (unpaired) electrons. The third-order valence-electron chi connectivity index (χ3n) is 0. The second-order valence-corrected chi connectivity index (χ2v) is 0.183. The first-order valence-corrected chi connectivity index (χ1v) is 2.36. The van der Waals surface area contributed by atoms with Crippen molar-refractivity contribution in [3.8, 4) is 0 Å². The monoisotopic (exact) mass is 332 g/mol. The Kier molecular flexibility index (Phi) is 211. The molecule has 8 heteroatoms. The summed E-state index contributed by atoms with van der Waals surface area (Å²) >= 11 is 7.33. The van der Waals surface area contributed by atoms with Crippen LogP contribution in [-0.2, 0) is 98.3 Å². The predicted octanol–water partition coefficient (Wildman–Crippen LogP) is -0.787. The van der Waals surface area contributed by atoms with Crippen LogP contribution in [0.5, 0.6) is 0 Å². The van der Waals surface area contributed by atoms with Gasteiger partial charge in [0.2, 0.25) is 0 Å². The number of rotatable bonds is 0. The first-order valence-electron chi connectivity index (χ1n) is 1.02. The quantitative estimate of drug-likeness (QED) is 0.344. The molecule has 4 nitrogen and oxygen atoms in total. The first kappa shape index (κ1) is 29.7. The molecule has 0 spiro atoms. The molecule has 0 aliphatic carbocycles. The minimum absolute atomic E-state index is 0. The molecule has 0 saturated heterocycles. The average Bonchev–Trinajstić information content (AvgIpc) is 1.75. The van der Waals surface area contributed by atoms with E-state index < -0.39 is 0 Å². The Balaban J connectivity index is -0.0000000116. The molecule has 0 unspecified atom stereocenters. The zero-order valence-electron chi connectivity index (χ0n) is 4.68. The standard InChI is InChI=1S/2CHO2.S2.2Y/c2*2-1-3;1-2;;/h2*(H,2,3);;;/q2*-1;-2;;. The van der Waals surface area contributed by atoms with Gasteiger partial charge in [0.1, 0.15) is 0 Å². The molecule has 0 rings (SSSR count). The minimum atomic E-state index is 0. The molecule has 0 aromatic heterocycles. The molecular formula is C2H2O4S2Y2-4. The predicted molar refractivity (Wildman–Crippen MR) is 31.4 cm³/mol. The Labute approximate surface area is 120 Å². The molecule has 10 heavy (non-hydrogen) atoms. The maximum absolute atomic E-state index is 8.24. The maximum atomic E-state index is 8.24. The van der Waals surface area contributed by atoms with Crippen LogP contribution in [0.15, 0.2) is 0 Å². The van der Waals surface area contributed by atoms with Crippen LogP contribution in [0.3, 0.4) is 0 Å². The van der Waals surface area contributed by atoms with Crippen LogP contribution >= 0.6 is 0 Å². The minimum Gasteiger partial charge on any atom is -1.00 e. The third-order valence-corrected chi connectivity index (χ3v) is 0. The van der Waals surface area contributed by atoms with Gasteiger partial charge < -0.3 is 43.1 Å². The van der Waals surface area contributed by atoms with E-state index in [0.717, 1.165) is 0 Å². The van der Waals surface area contributed by atoms with Crippen LogP contribution in [0, 0.1) is 0 Å². The molecule has 0 saturated carbocycles. The van der Waals surface area contributed by atoms with E-state index in [-0.39, 0.29) is 65.4 Å². The van der Waals surface area contributed by atoms with E-state index in [0.29, 0.717) is 12.9 Å². The second-order valence-electron chi connectivity index (χ2n) is 0.183. The topological polar surface area (TPSA) is 74.6 Å². The Morgan fingerprint density at radius 3 is 0.900 bits per heavy atom. The van der Waals surface area contributed by atoms with Crippen LogP contribution in [0.4, 0.5) is 0 Å². The molecule has 0 atom stereocenters. The number of hydrogen-bond donors (Lipinski definition) is 2. The van der Waals surface area contributed by atoms with Crippen molar-refractivity contribution >= 4 is 36.3 Å². The van der Waals surface area contributed by atoms with Gasteiger partial charge in [0, 0.05) is 65.4 Å². The van der Waals surface area contributed by atoms with Gasteiger partial charge >= 0.3 is 0 Å². The van der Waals surface area contributed by atoms with E-state index in [1.54, 1.807) is 0 Å². The summed E-state index contributed by atoms with van der Waals surface area (Å²) in [6.45, 7) is 1.00. The molecular weight excluding hydrogens is 330 g/mol. The van der Waals surface area contributed by atoms with E-state index in [9.17, 15) is 0 Å². The van der Waals surface area contributed by atoms with Crippen molar-refractivity contribution in [2.45, 2.75) is 0 Å². The first-order chi connectivity index (χ1) is 3.83. The van der Waals surface area contributed by atoms with Gasteiger partial charge in [0.05, 0.1) is 0 Å². The molecule has 0 aromatic carbocycles. The van der Waals surface area contributed by atoms with Crippen LogP contribution in [0.1, 0.15) is 0 Å². The van der Waals surface area contributed by atoms with Gasteiger partial charge in [-0.15, -0.1) is 0 Å². The summed E-state index contributed by atoms with van der Waals surface area (Å²) in [5, 5.41) is 13.5. The van der Waals surface area contributed by atoms with Crippen LogP contribution < -0.4 is 0 Å². The summed E-state index contributed by atoms with van der Waals surface area (Å²) < 4.78 is 0. The summed E-state index contributed by atoms with van der Waals surface area (Å²) in [5.74, 6) is 0. The number of aliphatic hydroxyl groups excluding tert-OH is 2. The SMILES string of the molecule is O=[C-]O.O=[C-]O.[S-][S-].[Y].[Y]. The van der Waals surface area contributed by atoms with Crippen molar-refractivity contribution in [2.75, 3.05) is 0 Å². The normalized spacial score (nSPS) is 3.00. The van der Waals surface area contributed by atoms with Gasteiger partial charge in [-0.05, 0) is 0 Å². The van der Waals surface area contributed by atoms with Crippen molar-refractivity contribution in [2.24, 2.45) is 0 Å². The zero-order chi connectivity index (χ0) is 7.41. The Morgan fingerprint density at radius 2 is 0.900 bits per heavy atom. The molecule has 0 aliphatic rings. The van der Waals surface area contributed by atoms with Crippen molar-refractivity contribution in [3.05, 3.63) is 0 Å². The molecule has 0 fully saturated rings. The van der Waals surface area contributed by atoms with Crippen molar-refractivity contribution in [1.29, 1.82) is 0 Å². The fraction of sp³-hybridized carbons (Fsp3) is 0. The van der Waals surface area contributed by atoms with Crippen LogP contribution in [0.25, 0.3) is 0 Å². The molecule has 0 aliphatic heterocycles. The molecule has 0 aromatic rings. The Morgan fingerprint density at radius 1 is 0.900 bits per heavy atom. The van der Waals surface area contributed by atoms with E-state index in [1.807, 2.05) is 0 Å². The van der Waals surface area contributed by atoms with Gasteiger partial charge in [0.25, 0.3) is 0 Å². The van der Waals surface area contributed by atoms with Gasteiger partial charge in [-0.1, -0.05) is 12.9 Å². The summed E-state index contributed by atoms with van der Waals surface area (Å²) in [6, 6.07) is 0. The van der Waals surface area contributed by atoms with Crippen LogP contribution in [0.2, 0.25) is 0 Å². The summed E-state index contributed by atoms with van der Waals surface area (Å²) in [5.41, 5.74) is 0. The van der Waals surface area contributed by atoms with Crippen molar-refractivity contribution < 1.29 is 85.2 Å². The zero-order valence-corrected chi connectivity index (χ0v) is 12.0. The summed E-state index contributed by atoms with van der Waals surface area (Å²) in [6.07, 6.45) is 0. The van der Waals surface area contributed by atoms with E-state index in [4.69, 9.17) is 19.8 Å². The average molecular weight is 332 g/mol. The number of hydrogen-bond acceptors (Lipinski definition) is 4. The van der Waals surface area contributed by atoms with Crippen molar-refractivity contribution in [1.82, 2.24) is 0 Å². The smallest absolute Gasteiger partial charge is 0 e. The van der Waals surface area contributed by atoms with Gasteiger partial charge in [-0.2, -0.15) is 0 Å². The fourth-order valence-electron chi connectivity index (χ4n) is 0. The Bertz CT molecular complexity index is 40.2. The Hall–Kier alpha value is 1.85. The van der Waals surface area contributed by atoms with Gasteiger partial charge in [-0.3, -0.25) is 0 Å². The van der Waals surface area contributed by atoms with Gasteiger partial charge in [0.15, 0.2) is 0 Å². The third kappa shape index (κ3) is 226. The molecule has 0 bridgehead atoms. The van der Waals surface area contributed by atoms with Crippen molar-refractivity contribution in [3.63, 3.8) is 0 Å². The molecule has 0 heterocycles. The van der Waals surface area contributed by atoms with Crippen LogP contribution in [-0.4, -0.2) is 23.2 Å². The second kappa shape index (κ2) is 71.1. The largest absolute Gasteiger partial charge is 1.00 e. The van der Waals surface area contributed by atoms with E-state index >= 15 is 0 Å². The summed E-state index contributed by atoms with van der Waals surface area (Å²) in [7, 11) is 0. The summed E-state index contributed by atoms with van der Waals surface area (Å²) in [4.78, 5) is 16.5. The molecule has 0 amide bonds. The maximum Gasteiger partial charge on any atom is 0 e. The van der Waals surface area contributed by atoms with E-state index in [2.05, 4.69) is 23.3 Å².